The minimum atomic E-state index is -0.226. The molecule has 0 amide bonds. The molecule has 18 heavy (non-hydrogen) atoms. The molecule has 5 heteroatoms. The summed E-state index contributed by atoms with van der Waals surface area (Å²) in [6.07, 6.45) is 1.64. The number of hydrogen-bond acceptors (Lipinski definition) is 2. The number of carbonyl (C=O) groups excluding carboxylic acids is 1. The lowest BCUT2D eigenvalue weighted by Crippen LogP contribution is -1.97. The zero-order valence-corrected chi connectivity index (χ0v) is 10.5. The van der Waals surface area contributed by atoms with Crippen LogP contribution in [-0.2, 0) is 0 Å². The highest BCUT2D eigenvalue weighted by Crippen LogP contribution is 2.25. The molecule has 0 unspecified atom stereocenters. The van der Waals surface area contributed by atoms with E-state index in [0.717, 1.165) is 10.9 Å². The summed E-state index contributed by atoms with van der Waals surface area (Å²) in [6.45, 7) is 0. The summed E-state index contributed by atoms with van der Waals surface area (Å²) in [7, 11) is 0. The van der Waals surface area contributed by atoms with Crippen molar-refractivity contribution >= 4 is 39.9 Å². The van der Waals surface area contributed by atoms with Crippen molar-refractivity contribution in [2.75, 3.05) is 0 Å². The lowest BCUT2D eigenvalue weighted by Gasteiger charge is -1.96. The Balaban J connectivity index is 2.14. The number of carbonyl (C=O) groups is 1. The van der Waals surface area contributed by atoms with Gasteiger partial charge in [-0.25, -0.2) is 0 Å². The molecular formula is C13H7Cl2NO2. The summed E-state index contributed by atoms with van der Waals surface area (Å²) in [6, 6.07) is 8.41. The van der Waals surface area contributed by atoms with Gasteiger partial charge in [-0.05, 0) is 41.9 Å². The van der Waals surface area contributed by atoms with E-state index in [4.69, 9.17) is 27.6 Å². The number of aromatic amines is 1. The predicted molar refractivity (Wildman–Crippen MR) is 70.5 cm³/mol. The normalized spacial score (nSPS) is 11.0. The number of aromatic nitrogens is 1. The fourth-order valence-electron chi connectivity index (χ4n) is 1.85. The molecule has 0 aliphatic rings. The molecule has 0 aliphatic heterocycles. The third kappa shape index (κ3) is 1.82. The molecule has 2 aromatic heterocycles. The SMILES string of the molecule is O=C(c1ccc(Cl)o1)c1c[nH]c2ccc(Cl)cc12. The Morgan fingerprint density at radius 3 is 2.72 bits per heavy atom. The van der Waals surface area contributed by atoms with E-state index < -0.39 is 0 Å². The van der Waals surface area contributed by atoms with Gasteiger partial charge in [0.05, 0.1) is 5.56 Å². The summed E-state index contributed by atoms with van der Waals surface area (Å²) in [5.74, 6) is -0.0173. The zero-order valence-electron chi connectivity index (χ0n) is 9.04. The number of H-pyrrole nitrogens is 1. The first-order valence-corrected chi connectivity index (χ1v) is 5.97. The van der Waals surface area contributed by atoms with Crippen molar-refractivity contribution in [1.29, 1.82) is 0 Å². The maximum Gasteiger partial charge on any atom is 0.230 e. The number of ketones is 1. The molecule has 0 fully saturated rings. The minimum absolute atomic E-state index is 0.191. The van der Waals surface area contributed by atoms with Crippen LogP contribution in [0.1, 0.15) is 16.1 Å². The van der Waals surface area contributed by atoms with Crippen molar-refractivity contribution in [2.24, 2.45) is 0 Å². The maximum atomic E-state index is 12.2. The lowest BCUT2D eigenvalue weighted by molar-refractivity contribution is 0.101. The van der Waals surface area contributed by atoms with Crippen LogP contribution in [0, 0.1) is 0 Å². The van der Waals surface area contributed by atoms with Crippen LogP contribution in [0.25, 0.3) is 10.9 Å². The van der Waals surface area contributed by atoms with Crippen molar-refractivity contribution in [1.82, 2.24) is 4.98 Å². The fraction of sp³-hybridized carbons (Fsp3) is 0. The Morgan fingerprint density at radius 1 is 1.17 bits per heavy atom. The third-order valence-electron chi connectivity index (χ3n) is 2.69. The van der Waals surface area contributed by atoms with Gasteiger partial charge in [-0.1, -0.05) is 11.6 Å². The van der Waals surface area contributed by atoms with Gasteiger partial charge >= 0.3 is 0 Å². The number of fused-ring (bicyclic) bond motifs is 1. The van der Waals surface area contributed by atoms with E-state index in [-0.39, 0.29) is 16.8 Å². The number of halogens is 2. The van der Waals surface area contributed by atoms with E-state index >= 15 is 0 Å². The van der Waals surface area contributed by atoms with Crippen LogP contribution in [0.3, 0.4) is 0 Å². The van der Waals surface area contributed by atoms with Crippen molar-refractivity contribution in [2.45, 2.75) is 0 Å². The number of hydrogen-bond donors (Lipinski definition) is 1. The van der Waals surface area contributed by atoms with E-state index in [1.165, 1.54) is 6.07 Å². The molecule has 0 aliphatic carbocycles. The number of furan rings is 1. The molecule has 0 spiro atoms. The Hall–Kier alpha value is -1.71. The molecular weight excluding hydrogens is 273 g/mol. The molecule has 0 atom stereocenters. The molecule has 0 radical (unpaired) electrons. The summed E-state index contributed by atoms with van der Waals surface area (Å²) < 4.78 is 5.12. The molecule has 90 valence electrons. The topological polar surface area (TPSA) is 46.0 Å². The van der Waals surface area contributed by atoms with Crippen LogP contribution in [0.5, 0.6) is 0 Å². The van der Waals surface area contributed by atoms with E-state index in [2.05, 4.69) is 4.98 Å². The summed E-state index contributed by atoms with van der Waals surface area (Å²) in [5.41, 5.74) is 1.36. The van der Waals surface area contributed by atoms with E-state index in [1.54, 1.807) is 24.4 Å². The minimum Gasteiger partial charge on any atom is -0.441 e. The molecule has 1 N–H and O–H groups in total. The highest BCUT2D eigenvalue weighted by atomic mass is 35.5. The van der Waals surface area contributed by atoms with Crippen LogP contribution >= 0.6 is 23.2 Å². The second-order valence-electron chi connectivity index (χ2n) is 3.83. The van der Waals surface area contributed by atoms with Gasteiger partial charge in [0.15, 0.2) is 11.0 Å². The van der Waals surface area contributed by atoms with Crippen LogP contribution in [-0.4, -0.2) is 10.8 Å². The van der Waals surface area contributed by atoms with Crippen LogP contribution in [0.4, 0.5) is 0 Å². The second kappa shape index (κ2) is 4.19. The Bertz CT molecular complexity index is 742. The fourth-order valence-corrected chi connectivity index (χ4v) is 2.17. The van der Waals surface area contributed by atoms with Crippen LogP contribution < -0.4 is 0 Å². The van der Waals surface area contributed by atoms with Gasteiger partial charge in [-0.15, -0.1) is 0 Å². The first-order chi connectivity index (χ1) is 8.65. The van der Waals surface area contributed by atoms with Gasteiger partial charge in [0.1, 0.15) is 0 Å². The van der Waals surface area contributed by atoms with Crippen molar-refractivity contribution < 1.29 is 9.21 Å². The van der Waals surface area contributed by atoms with E-state index in [1.807, 2.05) is 6.07 Å². The summed E-state index contributed by atoms with van der Waals surface area (Å²) in [5, 5.41) is 1.53. The van der Waals surface area contributed by atoms with Gasteiger partial charge in [0.25, 0.3) is 0 Å². The summed E-state index contributed by atoms with van der Waals surface area (Å²) >= 11 is 11.6. The quantitative estimate of drug-likeness (QED) is 0.711. The molecule has 3 nitrogen and oxygen atoms in total. The molecule has 0 bridgehead atoms. The van der Waals surface area contributed by atoms with Crippen molar-refractivity contribution in [3.05, 3.63) is 58.1 Å². The molecule has 0 saturated heterocycles. The van der Waals surface area contributed by atoms with Crippen molar-refractivity contribution in [3.8, 4) is 0 Å². The largest absolute Gasteiger partial charge is 0.441 e. The number of nitrogens with one attached hydrogen (secondary N) is 1. The smallest absolute Gasteiger partial charge is 0.230 e. The Labute approximate surface area is 112 Å². The van der Waals surface area contributed by atoms with E-state index in [9.17, 15) is 4.79 Å². The number of benzene rings is 1. The summed E-state index contributed by atoms with van der Waals surface area (Å²) in [4.78, 5) is 15.2. The third-order valence-corrected chi connectivity index (χ3v) is 3.12. The molecule has 2 heterocycles. The maximum absolute atomic E-state index is 12.2. The average Bonchev–Trinajstić information content (AvgIpc) is 2.94. The van der Waals surface area contributed by atoms with Gasteiger partial charge in [-0.2, -0.15) is 0 Å². The lowest BCUT2D eigenvalue weighted by atomic mass is 10.1. The first-order valence-electron chi connectivity index (χ1n) is 5.22. The van der Waals surface area contributed by atoms with Crippen molar-refractivity contribution in [3.63, 3.8) is 0 Å². The number of rotatable bonds is 2. The van der Waals surface area contributed by atoms with Crippen LogP contribution in [0.2, 0.25) is 10.2 Å². The van der Waals surface area contributed by atoms with Gasteiger partial charge < -0.3 is 9.40 Å². The molecule has 3 aromatic rings. The predicted octanol–water partition coefficient (Wildman–Crippen LogP) is 4.30. The monoisotopic (exact) mass is 279 g/mol. The van der Waals surface area contributed by atoms with Gasteiger partial charge in [0.2, 0.25) is 5.78 Å². The Morgan fingerprint density at radius 2 is 2.00 bits per heavy atom. The highest BCUT2D eigenvalue weighted by Gasteiger charge is 2.17. The van der Waals surface area contributed by atoms with Gasteiger partial charge in [-0.3, -0.25) is 4.79 Å². The molecule has 0 saturated carbocycles. The van der Waals surface area contributed by atoms with Gasteiger partial charge in [0, 0.05) is 22.1 Å². The standard InChI is InChI=1S/C13H7Cl2NO2/c14-7-1-2-10-8(5-7)9(6-16-10)13(17)11-3-4-12(15)18-11/h1-6,16H. The Kier molecular flexibility index (Phi) is 2.65. The van der Waals surface area contributed by atoms with E-state index in [0.29, 0.717) is 10.6 Å². The first kappa shape index (κ1) is 11.4. The second-order valence-corrected chi connectivity index (χ2v) is 4.63. The highest BCUT2D eigenvalue weighted by molar-refractivity contribution is 6.32. The molecule has 3 rings (SSSR count). The van der Waals surface area contributed by atoms with Crippen LogP contribution in [0.15, 0.2) is 40.9 Å². The molecule has 1 aromatic carbocycles. The average molecular weight is 280 g/mol. The zero-order chi connectivity index (χ0) is 12.7.